The molecule has 0 aliphatic heterocycles. The number of aliphatic hydroxyl groups is 2. The average Bonchev–Trinajstić information content (AvgIpc) is 2.76. The van der Waals surface area contributed by atoms with Gasteiger partial charge in [0.05, 0.1) is 12.2 Å². The van der Waals surface area contributed by atoms with Gasteiger partial charge in [-0.15, -0.1) is 0 Å². The van der Waals surface area contributed by atoms with Crippen LogP contribution in [0.15, 0.2) is 25.3 Å². The van der Waals surface area contributed by atoms with Crippen molar-refractivity contribution in [3.63, 3.8) is 0 Å². The fraction of sp³-hybridized carbons (Fsp3) is 0.708. The van der Waals surface area contributed by atoms with Gasteiger partial charge in [-0.05, 0) is 25.7 Å². The predicted octanol–water partition coefficient (Wildman–Crippen LogP) is 3.69. The smallest absolute Gasteiger partial charge is 0.330 e. The van der Waals surface area contributed by atoms with Crippen molar-refractivity contribution in [3.05, 3.63) is 25.3 Å². The molecule has 0 aliphatic rings. The van der Waals surface area contributed by atoms with Gasteiger partial charge in [-0.2, -0.15) is 0 Å². The lowest BCUT2D eigenvalue weighted by molar-refractivity contribution is -0.159. The van der Waals surface area contributed by atoms with Crippen LogP contribution < -0.4 is 0 Å². The first-order valence-electron chi connectivity index (χ1n) is 11.5. The number of aliphatic hydroxyl groups excluding tert-OH is 2. The van der Waals surface area contributed by atoms with Crippen LogP contribution in [0.25, 0.3) is 0 Å². The van der Waals surface area contributed by atoms with Gasteiger partial charge in [-0.1, -0.05) is 58.6 Å². The zero-order valence-electron chi connectivity index (χ0n) is 19.2. The van der Waals surface area contributed by atoms with Gasteiger partial charge in [0.1, 0.15) is 12.2 Å². The summed E-state index contributed by atoms with van der Waals surface area (Å²) in [6.45, 7) is 8.77. The molecule has 184 valence electrons. The number of carbonyl (C=O) groups excluding carboxylic acids is 2. The second-order valence-corrected chi connectivity index (χ2v) is 7.93. The Morgan fingerprint density at radius 2 is 1.31 bits per heavy atom. The molecule has 0 aromatic rings. The lowest BCUT2D eigenvalue weighted by atomic mass is 9.96. The molecule has 32 heavy (non-hydrogen) atoms. The third-order valence-electron chi connectivity index (χ3n) is 5.18. The number of rotatable bonds is 20. The molecule has 3 N–H and O–H groups in total. The number of carbonyl (C=O) groups is 3. The number of ether oxygens (including phenoxy) is 2. The second kappa shape index (κ2) is 18.4. The summed E-state index contributed by atoms with van der Waals surface area (Å²) in [5, 5.41) is 29.9. The van der Waals surface area contributed by atoms with Gasteiger partial charge >= 0.3 is 17.9 Å². The van der Waals surface area contributed by atoms with Gasteiger partial charge in [0.2, 0.25) is 0 Å². The average molecular weight is 457 g/mol. The van der Waals surface area contributed by atoms with Crippen LogP contribution in [0.2, 0.25) is 0 Å². The van der Waals surface area contributed by atoms with Gasteiger partial charge < -0.3 is 24.8 Å². The highest BCUT2D eigenvalue weighted by Crippen LogP contribution is 2.21. The van der Waals surface area contributed by atoms with E-state index >= 15 is 0 Å². The number of hydrogen-bond donors (Lipinski definition) is 3. The van der Waals surface area contributed by atoms with Crippen LogP contribution in [0.3, 0.4) is 0 Å². The van der Waals surface area contributed by atoms with Crippen LogP contribution in [0.4, 0.5) is 0 Å². The lowest BCUT2D eigenvalue weighted by Gasteiger charge is -2.29. The maximum atomic E-state index is 11.7. The number of carboxylic acid groups (broad SMARTS) is 1. The van der Waals surface area contributed by atoms with Crippen molar-refractivity contribution in [1.29, 1.82) is 0 Å². The molecule has 8 heteroatoms. The molecule has 0 saturated heterocycles. The van der Waals surface area contributed by atoms with Crippen molar-refractivity contribution in [2.75, 3.05) is 0 Å². The van der Waals surface area contributed by atoms with E-state index in [2.05, 4.69) is 13.2 Å². The summed E-state index contributed by atoms with van der Waals surface area (Å²) in [5.41, 5.74) is 0. The quantitative estimate of drug-likeness (QED) is 0.144. The fourth-order valence-electron chi connectivity index (χ4n) is 3.34. The van der Waals surface area contributed by atoms with Crippen LogP contribution >= 0.6 is 0 Å². The normalized spacial score (nSPS) is 14.6. The van der Waals surface area contributed by atoms with Crippen LogP contribution in [0.5, 0.6) is 0 Å². The molecule has 4 atom stereocenters. The van der Waals surface area contributed by atoms with Crippen LogP contribution in [0, 0.1) is 0 Å². The molecule has 8 nitrogen and oxygen atoms in total. The highest BCUT2D eigenvalue weighted by molar-refractivity contribution is 5.81. The van der Waals surface area contributed by atoms with Crippen molar-refractivity contribution in [3.8, 4) is 0 Å². The Labute approximate surface area is 191 Å². The van der Waals surface area contributed by atoms with Crippen molar-refractivity contribution in [1.82, 2.24) is 0 Å². The molecule has 0 rings (SSSR count). The second-order valence-electron chi connectivity index (χ2n) is 7.93. The first kappa shape index (κ1) is 29.8. The number of esters is 2. The molecule has 0 aliphatic carbocycles. The summed E-state index contributed by atoms with van der Waals surface area (Å²) in [7, 11) is 0. The molecule has 0 amide bonds. The molecular weight excluding hydrogens is 416 g/mol. The van der Waals surface area contributed by atoms with E-state index in [0.29, 0.717) is 25.7 Å². The summed E-state index contributed by atoms with van der Waals surface area (Å²) in [6.07, 6.45) is 5.36. The van der Waals surface area contributed by atoms with Crippen molar-refractivity contribution in [2.24, 2.45) is 0 Å². The number of unbranched alkanes of at least 4 members (excludes halogenated alkanes) is 6. The minimum atomic E-state index is -1.12. The number of hydrogen-bond acceptors (Lipinski definition) is 7. The molecule has 0 aromatic carbocycles. The Hall–Kier alpha value is -2.19. The van der Waals surface area contributed by atoms with Gasteiger partial charge in [0.15, 0.2) is 0 Å². The summed E-state index contributed by atoms with van der Waals surface area (Å²) in [5.74, 6) is -2.16. The largest absolute Gasteiger partial charge is 0.481 e. The van der Waals surface area contributed by atoms with Gasteiger partial charge in [0.25, 0.3) is 0 Å². The summed E-state index contributed by atoms with van der Waals surface area (Å²) in [6, 6.07) is 0. The van der Waals surface area contributed by atoms with E-state index in [9.17, 15) is 24.6 Å². The molecule has 0 fully saturated rings. The first-order chi connectivity index (χ1) is 15.2. The predicted molar refractivity (Wildman–Crippen MR) is 121 cm³/mol. The molecule has 4 unspecified atom stereocenters. The van der Waals surface area contributed by atoms with Crippen LogP contribution in [-0.2, 0) is 23.9 Å². The van der Waals surface area contributed by atoms with E-state index in [-0.39, 0.29) is 12.8 Å². The van der Waals surface area contributed by atoms with Gasteiger partial charge in [-0.25, -0.2) is 9.59 Å². The third-order valence-corrected chi connectivity index (χ3v) is 5.18. The standard InChI is InChI=1S/C24H40O8/c1-4-7-11-15-20(31-23(29)5-2)19(26)17-21(32-24(30)6-3)18(25)14-12-9-8-10-13-16-22(27)28/h5-6,18-21,25-26H,2-4,7-17H2,1H3,(H,27,28). The molecule has 0 spiro atoms. The molecule has 0 radical (unpaired) electrons. The lowest BCUT2D eigenvalue weighted by Crippen LogP contribution is -2.39. The minimum Gasteiger partial charge on any atom is -0.481 e. The minimum absolute atomic E-state index is 0.0828. The molecule has 0 heterocycles. The van der Waals surface area contributed by atoms with Crippen LogP contribution in [-0.4, -0.2) is 57.6 Å². The molecule has 0 saturated carbocycles. The van der Waals surface area contributed by atoms with E-state index in [1.165, 1.54) is 0 Å². The van der Waals surface area contributed by atoms with Gasteiger partial charge in [-0.3, -0.25) is 4.79 Å². The molecule has 0 aromatic heterocycles. The topological polar surface area (TPSA) is 130 Å². The molecular formula is C24H40O8. The van der Waals surface area contributed by atoms with Crippen LogP contribution in [0.1, 0.15) is 84.0 Å². The first-order valence-corrected chi connectivity index (χ1v) is 11.5. The van der Waals surface area contributed by atoms with E-state index in [4.69, 9.17) is 14.6 Å². The number of aliphatic carboxylic acids is 1. The van der Waals surface area contributed by atoms with Crippen molar-refractivity contribution >= 4 is 17.9 Å². The monoisotopic (exact) mass is 456 g/mol. The fourth-order valence-corrected chi connectivity index (χ4v) is 3.34. The van der Waals surface area contributed by atoms with Gasteiger partial charge in [0, 0.05) is 25.0 Å². The molecule has 0 bridgehead atoms. The maximum Gasteiger partial charge on any atom is 0.330 e. The highest BCUT2D eigenvalue weighted by Gasteiger charge is 2.31. The third kappa shape index (κ3) is 14.8. The van der Waals surface area contributed by atoms with E-state index in [1.54, 1.807) is 0 Å². The van der Waals surface area contributed by atoms with Crippen molar-refractivity contribution in [2.45, 2.75) is 108 Å². The Morgan fingerprint density at radius 3 is 1.88 bits per heavy atom. The Kier molecular flexibility index (Phi) is 17.1. The maximum absolute atomic E-state index is 11.7. The van der Waals surface area contributed by atoms with E-state index in [0.717, 1.165) is 50.7 Å². The SMILES string of the molecule is C=CC(=O)OC(CCCCC)C(O)CC(OC(=O)C=C)C(O)CCCCCCCC(=O)O. The number of carboxylic acids is 1. The zero-order valence-corrected chi connectivity index (χ0v) is 19.2. The highest BCUT2D eigenvalue weighted by atomic mass is 16.6. The Bertz CT molecular complexity index is 574. The summed E-state index contributed by atoms with van der Waals surface area (Å²) in [4.78, 5) is 33.9. The summed E-state index contributed by atoms with van der Waals surface area (Å²) >= 11 is 0. The summed E-state index contributed by atoms with van der Waals surface area (Å²) < 4.78 is 10.6. The van der Waals surface area contributed by atoms with E-state index in [1.807, 2.05) is 6.92 Å². The van der Waals surface area contributed by atoms with E-state index < -0.39 is 42.3 Å². The zero-order chi connectivity index (χ0) is 24.4. The van der Waals surface area contributed by atoms with Crippen molar-refractivity contribution < 1.29 is 39.2 Å². The Morgan fingerprint density at radius 1 is 0.781 bits per heavy atom. The Balaban J connectivity index is 4.84.